The van der Waals surface area contributed by atoms with Crippen LogP contribution >= 0.6 is 0 Å². The van der Waals surface area contributed by atoms with Gasteiger partial charge in [0.25, 0.3) is 0 Å². The summed E-state index contributed by atoms with van der Waals surface area (Å²) in [7, 11) is 0. The lowest BCUT2D eigenvalue weighted by molar-refractivity contribution is -0.527. The molecule has 2 aromatic rings. The molecule has 5 nitrogen and oxygen atoms in total. The zero-order valence-corrected chi connectivity index (χ0v) is 13.0. The van der Waals surface area contributed by atoms with Crippen molar-refractivity contribution in [1.29, 1.82) is 0 Å². The Morgan fingerprint density at radius 2 is 1.30 bits per heavy atom. The summed E-state index contributed by atoms with van der Waals surface area (Å²) in [4.78, 5) is 15.5. The number of nitro groups is 1. The first-order chi connectivity index (χ1) is 11.2. The summed E-state index contributed by atoms with van der Waals surface area (Å²) < 4.78 is 0. The minimum atomic E-state index is -0.531. The number of nitrogens with zero attached hydrogens (tertiary/aromatic N) is 3. The third-order valence-corrected chi connectivity index (χ3v) is 4.13. The largest absolute Gasteiger partial charge is 0.279 e. The van der Waals surface area contributed by atoms with E-state index in [4.69, 9.17) is 0 Å². The highest BCUT2D eigenvalue weighted by atomic mass is 16.6. The van der Waals surface area contributed by atoms with Gasteiger partial charge in [0, 0.05) is 18.0 Å². The smallest absolute Gasteiger partial charge is 0.238 e. The van der Waals surface area contributed by atoms with E-state index in [1.165, 1.54) is 11.1 Å². The fourth-order valence-electron chi connectivity index (χ4n) is 3.10. The summed E-state index contributed by atoms with van der Waals surface area (Å²) >= 11 is 0. The van der Waals surface area contributed by atoms with Gasteiger partial charge in [-0.05, 0) is 11.1 Å². The molecule has 1 fully saturated rings. The summed E-state index contributed by atoms with van der Waals surface area (Å²) in [6.07, 6.45) is 0. The van der Waals surface area contributed by atoms with Gasteiger partial charge in [-0.1, -0.05) is 60.7 Å². The first-order valence-corrected chi connectivity index (χ1v) is 7.87. The van der Waals surface area contributed by atoms with Crippen LogP contribution in [0.5, 0.6) is 0 Å². The Bertz CT molecular complexity index is 584. The van der Waals surface area contributed by atoms with Crippen molar-refractivity contribution in [2.24, 2.45) is 0 Å². The van der Waals surface area contributed by atoms with Crippen molar-refractivity contribution in [3.8, 4) is 0 Å². The first kappa shape index (κ1) is 15.6. The fraction of sp³-hybridized carbons (Fsp3) is 0.333. The molecule has 0 saturated carbocycles. The number of hydrogen-bond donors (Lipinski definition) is 0. The second-order valence-corrected chi connectivity index (χ2v) is 6.07. The average Bonchev–Trinajstić information content (AvgIpc) is 2.56. The van der Waals surface area contributed by atoms with Gasteiger partial charge in [0.2, 0.25) is 6.04 Å². The van der Waals surface area contributed by atoms with Crippen LogP contribution in [-0.4, -0.2) is 40.5 Å². The summed E-state index contributed by atoms with van der Waals surface area (Å²) in [6.45, 7) is 3.27. The molecule has 0 spiro atoms. The van der Waals surface area contributed by atoms with E-state index in [1.54, 1.807) is 0 Å². The van der Waals surface area contributed by atoms with Crippen LogP contribution in [0.2, 0.25) is 0 Å². The van der Waals surface area contributed by atoms with Crippen LogP contribution in [0.3, 0.4) is 0 Å². The maximum Gasteiger partial charge on any atom is 0.238 e. The van der Waals surface area contributed by atoms with Crippen molar-refractivity contribution < 1.29 is 4.92 Å². The maximum absolute atomic E-state index is 11.3. The van der Waals surface area contributed by atoms with Crippen LogP contribution in [-0.2, 0) is 13.1 Å². The van der Waals surface area contributed by atoms with Crippen molar-refractivity contribution in [1.82, 2.24) is 9.80 Å². The zero-order valence-electron chi connectivity index (χ0n) is 13.0. The van der Waals surface area contributed by atoms with Crippen LogP contribution in [0.1, 0.15) is 11.1 Å². The first-order valence-electron chi connectivity index (χ1n) is 7.87. The topological polar surface area (TPSA) is 49.6 Å². The van der Waals surface area contributed by atoms with Crippen molar-refractivity contribution in [2.45, 2.75) is 19.1 Å². The summed E-state index contributed by atoms with van der Waals surface area (Å²) in [5.74, 6) is 0. The molecule has 0 aliphatic carbocycles. The van der Waals surface area contributed by atoms with Crippen LogP contribution in [0.4, 0.5) is 0 Å². The number of benzene rings is 2. The SMILES string of the molecule is O=[N+]([O-])C1CN(Cc2ccccc2)CN(Cc2ccccc2)C1. The van der Waals surface area contributed by atoms with Gasteiger partial charge in [-0.25, -0.2) is 0 Å². The van der Waals surface area contributed by atoms with Gasteiger partial charge >= 0.3 is 0 Å². The summed E-state index contributed by atoms with van der Waals surface area (Å²) in [5.41, 5.74) is 2.38. The van der Waals surface area contributed by atoms with E-state index >= 15 is 0 Å². The molecule has 120 valence electrons. The molecule has 2 aromatic carbocycles. The fourth-order valence-corrected chi connectivity index (χ4v) is 3.10. The number of rotatable bonds is 5. The highest BCUT2D eigenvalue weighted by molar-refractivity contribution is 5.16. The molecule has 23 heavy (non-hydrogen) atoms. The Labute approximate surface area is 136 Å². The van der Waals surface area contributed by atoms with E-state index in [1.807, 2.05) is 36.4 Å². The Kier molecular flexibility index (Phi) is 5.00. The van der Waals surface area contributed by atoms with Crippen LogP contribution in [0.15, 0.2) is 60.7 Å². The van der Waals surface area contributed by atoms with Gasteiger partial charge in [0.1, 0.15) is 0 Å². The van der Waals surface area contributed by atoms with E-state index in [0.717, 1.165) is 19.8 Å². The molecule has 0 radical (unpaired) electrons. The molecule has 0 unspecified atom stereocenters. The average molecular weight is 311 g/mol. The Hall–Kier alpha value is -2.24. The number of hydrogen-bond acceptors (Lipinski definition) is 4. The molecular formula is C18H21N3O2. The van der Waals surface area contributed by atoms with E-state index in [9.17, 15) is 10.1 Å². The van der Waals surface area contributed by atoms with E-state index in [0.29, 0.717) is 13.1 Å². The molecule has 0 amide bonds. The monoisotopic (exact) mass is 311 g/mol. The van der Waals surface area contributed by atoms with Crippen molar-refractivity contribution >= 4 is 0 Å². The van der Waals surface area contributed by atoms with E-state index in [-0.39, 0.29) is 4.92 Å². The molecule has 0 atom stereocenters. The van der Waals surface area contributed by atoms with Crippen molar-refractivity contribution in [3.05, 3.63) is 81.9 Å². The Morgan fingerprint density at radius 1 is 0.870 bits per heavy atom. The quantitative estimate of drug-likeness (QED) is 0.629. The maximum atomic E-state index is 11.3. The van der Waals surface area contributed by atoms with Gasteiger partial charge in [-0.2, -0.15) is 0 Å². The lowest BCUT2D eigenvalue weighted by Crippen LogP contribution is -2.53. The molecule has 5 heteroatoms. The predicted octanol–water partition coefficient (Wildman–Crippen LogP) is 2.61. The molecule has 3 rings (SSSR count). The molecule has 1 aliphatic heterocycles. The molecule has 1 aliphatic rings. The van der Waals surface area contributed by atoms with Crippen molar-refractivity contribution in [2.75, 3.05) is 19.8 Å². The minimum Gasteiger partial charge on any atom is -0.279 e. The summed E-state index contributed by atoms with van der Waals surface area (Å²) in [6, 6.07) is 19.7. The zero-order chi connectivity index (χ0) is 16.1. The normalized spacial score (nSPS) is 17.2. The highest BCUT2D eigenvalue weighted by Crippen LogP contribution is 2.15. The lowest BCUT2D eigenvalue weighted by atomic mass is 10.1. The Morgan fingerprint density at radius 3 is 1.70 bits per heavy atom. The van der Waals surface area contributed by atoms with Gasteiger partial charge in [0.05, 0.1) is 19.8 Å². The third-order valence-electron chi connectivity index (χ3n) is 4.13. The molecule has 0 bridgehead atoms. The third kappa shape index (κ3) is 4.37. The van der Waals surface area contributed by atoms with Gasteiger partial charge < -0.3 is 0 Å². The lowest BCUT2D eigenvalue weighted by Gasteiger charge is -2.36. The van der Waals surface area contributed by atoms with Gasteiger partial charge in [-0.3, -0.25) is 19.9 Å². The van der Waals surface area contributed by atoms with E-state index < -0.39 is 6.04 Å². The van der Waals surface area contributed by atoms with E-state index in [2.05, 4.69) is 34.1 Å². The van der Waals surface area contributed by atoms with Crippen LogP contribution < -0.4 is 0 Å². The standard InChI is InChI=1S/C18H21N3O2/c22-21(23)18-13-19(11-16-7-3-1-4-8-16)15-20(14-18)12-17-9-5-2-6-10-17/h1-10,18H,11-15H2. The molecule has 0 N–H and O–H groups in total. The molecule has 0 aromatic heterocycles. The second kappa shape index (κ2) is 7.35. The Balaban J connectivity index is 1.69. The van der Waals surface area contributed by atoms with Crippen LogP contribution in [0.25, 0.3) is 0 Å². The highest BCUT2D eigenvalue weighted by Gasteiger charge is 2.32. The van der Waals surface area contributed by atoms with Crippen LogP contribution in [0, 0.1) is 10.1 Å². The molecular weight excluding hydrogens is 290 g/mol. The van der Waals surface area contributed by atoms with Crippen molar-refractivity contribution in [3.63, 3.8) is 0 Å². The molecule has 1 heterocycles. The summed E-state index contributed by atoms with van der Waals surface area (Å²) in [5, 5.41) is 11.3. The predicted molar refractivity (Wildman–Crippen MR) is 89.4 cm³/mol. The second-order valence-electron chi connectivity index (χ2n) is 6.07. The van der Waals surface area contributed by atoms with Gasteiger partial charge in [-0.15, -0.1) is 0 Å². The van der Waals surface area contributed by atoms with Gasteiger partial charge in [0.15, 0.2) is 0 Å². The minimum absolute atomic E-state index is 0.144. The molecule has 1 saturated heterocycles.